The number of furan rings is 1. The van der Waals surface area contributed by atoms with Crippen molar-refractivity contribution in [3.63, 3.8) is 0 Å². The third-order valence-corrected chi connectivity index (χ3v) is 9.91. The van der Waals surface area contributed by atoms with Crippen LogP contribution in [-0.4, -0.2) is 24.5 Å². The number of para-hydroxylation sites is 4. The molecule has 0 amide bonds. The van der Waals surface area contributed by atoms with E-state index in [4.69, 9.17) is 28.8 Å². The van der Waals surface area contributed by atoms with E-state index in [1.165, 1.54) is 10.8 Å². The Morgan fingerprint density at radius 2 is 1.02 bits per heavy atom. The quantitative estimate of drug-likeness (QED) is 0.180. The summed E-state index contributed by atoms with van der Waals surface area (Å²) in [7, 11) is 0. The van der Waals surface area contributed by atoms with Crippen molar-refractivity contribution in [3.05, 3.63) is 164 Å². The molecule has 7 aromatic carbocycles. The second-order valence-electron chi connectivity index (χ2n) is 13.1. The molecule has 4 heterocycles. The van der Waals surface area contributed by atoms with Crippen molar-refractivity contribution >= 4 is 54.8 Å². The standard InChI is InChI=1S/C46H27N5O2/c1-2-11-28(12-3-1)43-48-44(29-21-24-31(25-22-29)51-37-17-7-4-13-32(37)33-14-5-8-18-38(33)51)50-45(49-43)34-15-10-20-41-42(34)35-27-30(23-26-39(35)52-41)46-47-36-16-6-9-19-40(36)53-46/h1-27H. The van der Waals surface area contributed by atoms with Crippen LogP contribution in [0.2, 0.25) is 0 Å². The monoisotopic (exact) mass is 681 g/mol. The van der Waals surface area contributed by atoms with E-state index in [0.29, 0.717) is 23.4 Å². The highest BCUT2D eigenvalue weighted by Crippen LogP contribution is 2.39. The van der Waals surface area contributed by atoms with Gasteiger partial charge in [-0.1, -0.05) is 91.0 Å². The summed E-state index contributed by atoms with van der Waals surface area (Å²) in [6.07, 6.45) is 0. The Balaban J connectivity index is 1.07. The summed E-state index contributed by atoms with van der Waals surface area (Å²) in [5.74, 6) is 2.28. The van der Waals surface area contributed by atoms with E-state index in [2.05, 4.69) is 83.4 Å². The Morgan fingerprint density at radius 1 is 0.396 bits per heavy atom. The van der Waals surface area contributed by atoms with Crippen LogP contribution in [0, 0.1) is 0 Å². The lowest BCUT2D eigenvalue weighted by atomic mass is 10.0. The molecule has 0 aliphatic heterocycles. The van der Waals surface area contributed by atoms with E-state index in [-0.39, 0.29) is 0 Å². The zero-order valence-corrected chi connectivity index (χ0v) is 28.1. The summed E-state index contributed by atoms with van der Waals surface area (Å²) < 4.78 is 14.8. The first-order chi connectivity index (χ1) is 26.2. The second kappa shape index (κ2) is 11.6. The van der Waals surface area contributed by atoms with Crippen LogP contribution in [0.15, 0.2) is 173 Å². The Bertz CT molecular complexity index is 3090. The van der Waals surface area contributed by atoms with Crippen molar-refractivity contribution < 1.29 is 8.83 Å². The van der Waals surface area contributed by atoms with Crippen LogP contribution in [0.3, 0.4) is 0 Å². The Labute approximate surface area is 302 Å². The number of benzene rings is 7. The molecule has 53 heavy (non-hydrogen) atoms. The minimum atomic E-state index is 0.554. The lowest BCUT2D eigenvalue weighted by Gasteiger charge is -2.11. The Kier molecular flexibility index (Phi) is 6.42. The number of hydrogen-bond donors (Lipinski definition) is 0. The van der Waals surface area contributed by atoms with Gasteiger partial charge in [0, 0.05) is 49.5 Å². The number of rotatable bonds is 5. The van der Waals surface area contributed by atoms with Gasteiger partial charge in [0.25, 0.3) is 0 Å². The van der Waals surface area contributed by atoms with E-state index in [1.807, 2.05) is 84.9 Å². The SMILES string of the molecule is c1ccc(-c2nc(-c3ccc(-n4c5ccccc5c5ccccc54)cc3)nc(-c3cccc4oc5ccc(-c6nc7ccccc7o6)cc5c34)n2)cc1. The van der Waals surface area contributed by atoms with Gasteiger partial charge in [-0.05, 0) is 72.8 Å². The zero-order chi connectivity index (χ0) is 34.9. The molecule has 0 aliphatic carbocycles. The van der Waals surface area contributed by atoms with Gasteiger partial charge in [-0.2, -0.15) is 0 Å². The highest BCUT2D eigenvalue weighted by Gasteiger charge is 2.20. The second-order valence-corrected chi connectivity index (χ2v) is 13.1. The molecule has 0 bridgehead atoms. The first kappa shape index (κ1) is 29.4. The molecule has 0 unspecified atom stereocenters. The summed E-state index contributed by atoms with van der Waals surface area (Å²) >= 11 is 0. The van der Waals surface area contributed by atoms with Crippen molar-refractivity contribution in [1.82, 2.24) is 24.5 Å². The van der Waals surface area contributed by atoms with Gasteiger partial charge in [0.1, 0.15) is 16.7 Å². The Hall–Kier alpha value is -7.38. The molecule has 0 spiro atoms. The van der Waals surface area contributed by atoms with Crippen LogP contribution in [0.4, 0.5) is 0 Å². The molecular weight excluding hydrogens is 655 g/mol. The average Bonchev–Trinajstić information content (AvgIpc) is 3.93. The fourth-order valence-electron chi connectivity index (χ4n) is 7.44. The molecule has 0 aliphatic rings. The van der Waals surface area contributed by atoms with Gasteiger partial charge in [-0.25, -0.2) is 19.9 Å². The highest BCUT2D eigenvalue weighted by molar-refractivity contribution is 6.13. The predicted molar refractivity (Wildman–Crippen MR) is 211 cm³/mol. The van der Waals surface area contributed by atoms with E-state index in [9.17, 15) is 0 Å². The summed E-state index contributed by atoms with van der Waals surface area (Å²) in [5.41, 5.74) is 9.94. The van der Waals surface area contributed by atoms with Crippen molar-refractivity contribution in [2.75, 3.05) is 0 Å². The summed E-state index contributed by atoms with van der Waals surface area (Å²) in [6, 6.07) is 55.4. The van der Waals surface area contributed by atoms with E-state index in [0.717, 1.165) is 72.0 Å². The maximum absolute atomic E-state index is 6.38. The molecule has 0 saturated heterocycles. The van der Waals surface area contributed by atoms with Crippen molar-refractivity contribution in [1.29, 1.82) is 0 Å². The summed E-state index contributed by atoms with van der Waals surface area (Å²) in [4.78, 5) is 20.0. The third-order valence-electron chi connectivity index (χ3n) is 9.91. The number of oxazole rings is 1. The molecule has 7 nitrogen and oxygen atoms in total. The lowest BCUT2D eigenvalue weighted by molar-refractivity contribution is 0.620. The molecule has 0 radical (unpaired) electrons. The zero-order valence-electron chi connectivity index (χ0n) is 28.1. The first-order valence-electron chi connectivity index (χ1n) is 17.5. The van der Waals surface area contributed by atoms with Crippen LogP contribution >= 0.6 is 0 Å². The minimum Gasteiger partial charge on any atom is -0.456 e. The largest absolute Gasteiger partial charge is 0.456 e. The number of nitrogens with zero attached hydrogens (tertiary/aromatic N) is 5. The van der Waals surface area contributed by atoms with Gasteiger partial charge < -0.3 is 13.4 Å². The fraction of sp³-hybridized carbons (Fsp3) is 0. The van der Waals surface area contributed by atoms with Gasteiger partial charge in [0.15, 0.2) is 23.1 Å². The lowest BCUT2D eigenvalue weighted by Crippen LogP contribution is -2.01. The first-order valence-corrected chi connectivity index (χ1v) is 17.5. The van der Waals surface area contributed by atoms with E-state index in [1.54, 1.807) is 0 Å². The number of fused-ring (bicyclic) bond motifs is 7. The fourth-order valence-corrected chi connectivity index (χ4v) is 7.44. The smallest absolute Gasteiger partial charge is 0.227 e. The molecule has 0 fully saturated rings. The summed E-state index contributed by atoms with van der Waals surface area (Å²) in [5, 5.41) is 4.29. The number of aromatic nitrogens is 5. The van der Waals surface area contributed by atoms with Gasteiger partial charge in [-0.15, -0.1) is 0 Å². The molecule has 248 valence electrons. The van der Waals surface area contributed by atoms with Gasteiger partial charge >= 0.3 is 0 Å². The molecule has 0 atom stereocenters. The predicted octanol–water partition coefficient (Wildman–Crippen LogP) is 11.7. The molecule has 4 aromatic heterocycles. The Morgan fingerprint density at radius 3 is 1.77 bits per heavy atom. The van der Waals surface area contributed by atoms with Gasteiger partial charge in [0.05, 0.1) is 11.0 Å². The topological polar surface area (TPSA) is 82.8 Å². The molecule has 0 saturated carbocycles. The third kappa shape index (κ3) is 4.75. The minimum absolute atomic E-state index is 0.554. The number of hydrogen-bond acceptors (Lipinski definition) is 6. The molecule has 11 rings (SSSR count). The average molecular weight is 682 g/mol. The molecule has 0 N–H and O–H groups in total. The van der Waals surface area contributed by atoms with Crippen LogP contribution in [0.5, 0.6) is 0 Å². The van der Waals surface area contributed by atoms with Crippen molar-refractivity contribution in [2.45, 2.75) is 0 Å². The maximum atomic E-state index is 6.38. The normalized spacial score (nSPS) is 11.8. The van der Waals surface area contributed by atoms with Crippen LogP contribution < -0.4 is 0 Å². The van der Waals surface area contributed by atoms with Gasteiger partial charge in [-0.3, -0.25) is 0 Å². The highest BCUT2D eigenvalue weighted by atomic mass is 16.3. The van der Waals surface area contributed by atoms with Crippen molar-refractivity contribution in [3.8, 4) is 51.3 Å². The van der Waals surface area contributed by atoms with Crippen molar-refractivity contribution in [2.24, 2.45) is 0 Å². The van der Waals surface area contributed by atoms with E-state index >= 15 is 0 Å². The van der Waals surface area contributed by atoms with Crippen LogP contribution in [0.25, 0.3) is 106 Å². The molecule has 7 heteroatoms. The van der Waals surface area contributed by atoms with E-state index < -0.39 is 0 Å². The summed E-state index contributed by atoms with van der Waals surface area (Å²) in [6.45, 7) is 0. The molecule has 11 aromatic rings. The van der Waals surface area contributed by atoms with Crippen LogP contribution in [0.1, 0.15) is 0 Å². The van der Waals surface area contributed by atoms with Gasteiger partial charge in [0.2, 0.25) is 5.89 Å². The van der Waals surface area contributed by atoms with Crippen LogP contribution in [-0.2, 0) is 0 Å². The molecular formula is C46H27N5O2. The maximum Gasteiger partial charge on any atom is 0.227 e.